The zero-order valence-corrected chi connectivity index (χ0v) is 33.1. The Bertz CT molecular complexity index is 1770. The largest absolute Gasteiger partial charge is 0.508 e. The lowest BCUT2D eigenvalue weighted by Crippen LogP contribution is -2.52. The molecule has 10 N–H and O–H groups in total. The fourth-order valence-corrected chi connectivity index (χ4v) is 6.68. The number of guanidine groups is 1. The molecular formula is C37H50IN9O8. The number of amides is 5. The van der Waals surface area contributed by atoms with Crippen molar-refractivity contribution in [1.82, 2.24) is 26.2 Å². The van der Waals surface area contributed by atoms with E-state index >= 15 is 0 Å². The molecule has 1 aliphatic heterocycles. The highest BCUT2D eigenvalue weighted by Gasteiger charge is 2.30. The molecule has 2 aromatic rings. The summed E-state index contributed by atoms with van der Waals surface area (Å²) in [5.41, 5.74) is 13.1. The number of carbonyl (C=O) groups is 6. The van der Waals surface area contributed by atoms with E-state index < -0.39 is 60.7 Å². The lowest BCUT2D eigenvalue weighted by Gasteiger charge is -2.32. The van der Waals surface area contributed by atoms with Crippen LogP contribution >= 0.6 is 22.6 Å². The molecule has 17 nitrogen and oxygen atoms in total. The maximum atomic E-state index is 14.2. The number of nitrogens with one attached hydrogen (secondary N) is 4. The predicted octanol–water partition coefficient (Wildman–Crippen LogP) is 0.945. The average Bonchev–Trinajstić information content (AvgIpc) is 3.13. The van der Waals surface area contributed by atoms with Crippen LogP contribution in [0.4, 0.5) is 0 Å². The third-order valence-corrected chi connectivity index (χ3v) is 9.89. The van der Waals surface area contributed by atoms with E-state index in [1.807, 2.05) is 0 Å². The quantitative estimate of drug-likeness (QED) is 0.0576. The van der Waals surface area contributed by atoms with Gasteiger partial charge in [0.25, 0.3) is 5.91 Å². The van der Waals surface area contributed by atoms with Crippen molar-refractivity contribution >= 4 is 69.8 Å². The zero-order chi connectivity index (χ0) is 40.5. The van der Waals surface area contributed by atoms with Gasteiger partial charge in [-0.1, -0.05) is 18.2 Å². The fraction of sp³-hybridized carbons (Fsp3) is 0.459. The highest BCUT2D eigenvalue weighted by Crippen LogP contribution is 2.20. The van der Waals surface area contributed by atoms with Crippen LogP contribution in [-0.4, -0.2) is 107 Å². The number of nitrogens with zero attached hydrogens (tertiary/aromatic N) is 3. The number of carbonyl (C=O) groups excluding carboxylic acids is 5. The number of aliphatic carboxylic acids is 1. The Morgan fingerprint density at radius 2 is 1.80 bits per heavy atom. The number of benzene rings is 2. The molecule has 1 heterocycles. The molecule has 298 valence electrons. The van der Waals surface area contributed by atoms with Crippen molar-refractivity contribution in [2.24, 2.45) is 21.5 Å². The van der Waals surface area contributed by atoms with Crippen LogP contribution in [0.25, 0.3) is 0 Å². The number of nitrogens with two attached hydrogens (primary N) is 2. The molecule has 0 saturated carbocycles. The Balaban J connectivity index is 1.82. The number of rotatable bonds is 14. The molecule has 0 saturated heterocycles. The predicted molar refractivity (Wildman–Crippen MR) is 214 cm³/mol. The normalized spacial score (nSPS) is 18.5. The van der Waals surface area contributed by atoms with Crippen LogP contribution in [0, 0.1) is 3.57 Å². The summed E-state index contributed by atoms with van der Waals surface area (Å²) in [6.07, 6.45) is 2.15. The Morgan fingerprint density at radius 1 is 1.04 bits per heavy atom. The number of hydrogen-bond acceptors (Lipinski definition) is 9. The highest BCUT2D eigenvalue weighted by molar-refractivity contribution is 14.1. The van der Waals surface area contributed by atoms with Gasteiger partial charge in [-0.25, -0.2) is 0 Å². The van der Waals surface area contributed by atoms with Gasteiger partial charge in [0.2, 0.25) is 23.6 Å². The Morgan fingerprint density at radius 3 is 2.51 bits per heavy atom. The number of carboxylic acids is 1. The summed E-state index contributed by atoms with van der Waals surface area (Å²) in [5.74, 6) is -3.70. The molecule has 3 atom stereocenters. The maximum Gasteiger partial charge on any atom is 0.305 e. The van der Waals surface area contributed by atoms with Crippen LogP contribution in [0.15, 0.2) is 52.4 Å². The molecule has 0 fully saturated rings. The van der Waals surface area contributed by atoms with Crippen LogP contribution in [-0.2, 0) is 36.9 Å². The number of aryl methyl sites for hydroxylation is 1. The Kier molecular flexibility index (Phi) is 17.8. The molecule has 2 bridgehead atoms. The Labute approximate surface area is 333 Å². The van der Waals surface area contributed by atoms with E-state index in [-0.39, 0.29) is 49.1 Å². The molecule has 0 aromatic heterocycles. The lowest BCUT2D eigenvalue weighted by atomic mass is 10.0. The van der Waals surface area contributed by atoms with Crippen LogP contribution in [0.2, 0.25) is 0 Å². The number of likely N-dealkylation sites (N-methyl/N-ethyl adjacent to an activating group) is 1. The number of hydrogen-bond donors (Lipinski definition) is 8. The van der Waals surface area contributed by atoms with Crippen LogP contribution in [0.3, 0.4) is 0 Å². The van der Waals surface area contributed by atoms with E-state index in [1.54, 1.807) is 56.4 Å². The minimum atomic E-state index is -1.38. The SMILES string of the molecule is CC1=NCC(=O)NC(CC(=O)O)C(=O)NCc2cccc(c2)C(=O)NC(CCCCNC(=O)CCc2ccc(O)cc2[125I])C(=O)N(C)C1CCCN=C(N)N. The van der Waals surface area contributed by atoms with Crippen LogP contribution in [0.5, 0.6) is 5.75 Å². The number of aromatic hydroxyl groups is 1. The smallest absolute Gasteiger partial charge is 0.305 e. The minimum Gasteiger partial charge on any atom is -0.508 e. The van der Waals surface area contributed by atoms with Crippen molar-refractivity contribution < 1.29 is 39.0 Å². The third-order valence-electron chi connectivity index (χ3n) is 8.89. The van der Waals surface area contributed by atoms with Gasteiger partial charge < -0.3 is 47.8 Å². The van der Waals surface area contributed by atoms with Gasteiger partial charge >= 0.3 is 5.97 Å². The molecule has 0 spiro atoms. The van der Waals surface area contributed by atoms with Crippen molar-refractivity contribution in [2.45, 2.75) is 83.0 Å². The van der Waals surface area contributed by atoms with E-state index in [0.29, 0.717) is 49.9 Å². The minimum absolute atomic E-state index is 0.0598. The molecule has 2 aromatic carbocycles. The fourth-order valence-electron chi connectivity index (χ4n) is 5.91. The van der Waals surface area contributed by atoms with Gasteiger partial charge in [0.1, 0.15) is 24.4 Å². The summed E-state index contributed by atoms with van der Waals surface area (Å²) >= 11 is 2.12. The van der Waals surface area contributed by atoms with E-state index in [0.717, 1.165) is 9.13 Å². The van der Waals surface area contributed by atoms with Gasteiger partial charge in [-0.3, -0.25) is 38.8 Å². The second kappa shape index (κ2) is 22.2. The number of aliphatic imine (C=N–C) groups is 2. The van der Waals surface area contributed by atoms with Gasteiger partial charge in [-0.05, 0) is 103 Å². The first kappa shape index (κ1) is 44.1. The van der Waals surface area contributed by atoms with E-state index in [4.69, 9.17) is 11.5 Å². The molecule has 0 aliphatic carbocycles. The summed E-state index contributed by atoms with van der Waals surface area (Å²) in [7, 11) is 1.58. The second-order valence-electron chi connectivity index (χ2n) is 13.2. The topological polar surface area (TPSA) is 271 Å². The van der Waals surface area contributed by atoms with E-state index in [1.165, 1.54) is 4.90 Å². The number of fused-ring (bicyclic) bond motifs is 2. The first-order valence-corrected chi connectivity index (χ1v) is 19.0. The van der Waals surface area contributed by atoms with Crippen molar-refractivity contribution in [1.29, 1.82) is 0 Å². The van der Waals surface area contributed by atoms with Gasteiger partial charge in [0, 0.05) is 47.9 Å². The summed E-state index contributed by atoms with van der Waals surface area (Å²) < 4.78 is 0.870. The number of phenols is 1. The van der Waals surface area contributed by atoms with Crippen molar-refractivity contribution in [2.75, 3.05) is 26.7 Å². The lowest BCUT2D eigenvalue weighted by molar-refractivity contribution is -0.140. The Hall–Kier alpha value is -5.27. The second-order valence-corrected chi connectivity index (χ2v) is 14.3. The average molecular weight is 874 g/mol. The number of carboxylic acid groups (broad SMARTS) is 1. The van der Waals surface area contributed by atoms with Gasteiger partial charge in [-0.15, -0.1) is 0 Å². The van der Waals surface area contributed by atoms with Crippen molar-refractivity contribution in [3.05, 3.63) is 62.7 Å². The summed E-state index contributed by atoms with van der Waals surface area (Å²) in [6.45, 7) is 1.77. The van der Waals surface area contributed by atoms with Crippen molar-refractivity contribution in [3.63, 3.8) is 0 Å². The number of phenolic OH excluding ortho intramolecular Hbond substituents is 1. The van der Waals surface area contributed by atoms with E-state index in [2.05, 4.69) is 53.8 Å². The first-order chi connectivity index (χ1) is 26.1. The maximum absolute atomic E-state index is 14.2. The molecule has 55 heavy (non-hydrogen) atoms. The number of unbranched alkanes of at least 4 members (excludes halogenated alkanes) is 1. The van der Waals surface area contributed by atoms with Crippen LogP contribution < -0.4 is 32.7 Å². The number of halogens is 1. The highest BCUT2D eigenvalue weighted by atomic mass is 125. The van der Waals surface area contributed by atoms with Gasteiger partial charge in [0.15, 0.2) is 5.96 Å². The molecule has 3 unspecified atom stereocenters. The first-order valence-electron chi connectivity index (χ1n) is 17.9. The molecule has 18 heteroatoms. The molecule has 5 amide bonds. The summed E-state index contributed by atoms with van der Waals surface area (Å²) in [4.78, 5) is 87.7. The van der Waals surface area contributed by atoms with Crippen LogP contribution in [0.1, 0.15) is 73.4 Å². The summed E-state index contributed by atoms with van der Waals surface area (Å²) in [6, 6.07) is 8.41. The molecule has 0 radical (unpaired) electrons. The summed E-state index contributed by atoms with van der Waals surface area (Å²) in [5, 5.41) is 29.8. The van der Waals surface area contributed by atoms with Gasteiger partial charge in [-0.2, -0.15) is 0 Å². The van der Waals surface area contributed by atoms with E-state index in [9.17, 15) is 39.0 Å². The standard InChI is InChI=1S/C37H50IN9O8/c1-22-30(10-6-16-42-37(39)40)47(2)36(55)28(9-3-4-15-41-31(49)14-12-24-11-13-26(48)18-27(24)38)46-34(53)25-8-5-7-23(17-25)20-44-35(54)29(19-33(51)52)45-32(50)21-43-22/h5,7-8,11,13,17-18,28-30,48H,3-4,6,9-10,12,14-16,19-21H2,1-2H3,(H,41,49)(H,44,54)(H,45,50)(H,46,53)(H,51,52)(H4,39,40,42)/i38-2. The monoisotopic (exact) mass is 873 g/mol. The van der Waals surface area contributed by atoms with Gasteiger partial charge in [0.05, 0.1) is 12.5 Å². The van der Waals surface area contributed by atoms with Crippen molar-refractivity contribution in [3.8, 4) is 5.75 Å². The molecule has 1 aliphatic rings. The third kappa shape index (κ3) is 15.2. The molecule has 3 rings (SSSR count). The zero-order valence-electron chi connectivity index (χ0n) is 31.0. The molecular weight excluding hydrogens is 823 g/mol.